The zero-order chi connectivity index (χ0) is 23.4. The molecule has 9 nitrogen and oxygen atoms in total. The summed E-state index contributed by atoms with van der Waals surface area (Å²) in [7, 11) is 1.59. The molecule has 3 aromatic rings. The molecule has 2 amide bonds. The van der Waals surface area contributed by atoms with E-state index in [0.717, 1.165) is 24.3 Å². The first-order valence-electron chi connectivity index (χ1n) is 10.8. The molecule has 9 heteroatoms. The molecule has 0 saturated carbocycles. The third-order valence-corrected chi connectivity index (χ3v) is 5.74. The van der Waals surface area contributed by atoms with E-state index < -0.39 is 0 Å². The number of nitrogens with zero attached hydrogens (tertiary/aromatic N) is 5. The number of methoxy groups -OCH3 is 1. The molecule has 0 atom stereocenters. The molecule has 0 aliphatic carbocycles. The van der Waals surface area contributed by atoms with Gasteiger partial charge in [0.2, 0.25) is 0 Å². The first kappa shape index (κ1) is 22.3. The van der Waals surface area contributed by atoms with Gasteiger partial charge in [0, 0.05) is 37.1 Å². The average Bonchev–Trinajstić information content (AvgIpc) is 2.84. The lowest BCUT2D eigenvalue weighted by Gasteiger charge is -2.31. The molecule has 0 unspecified atom stereocenters. The van der Waals surface area contributed by atoms with Gasteiger partial charge < -0.3 is 15.0 Å². The van der Waals surface area contributed by atoms with E-state index in [0.29, 0.717) is 41.6 Å². The van der Waals surface area contributed by atoms with Gasteiger partial charge in [-0.05, 0) is 51.0 Å². The number of carbonyl (C=O) groups is 2. The fourth-order valence-corrected chi connectivity index (χ4v) is 3.78. The van der Waals surface area contributed by atoms with Gasteiger partial charge in [-0.1, -0.05) is 0 Å². The Hall–Kier alpha value is -3.88. The minimum Gasteiger partial charge on any atom is -0.497 e. The van der Waals surface area contributed by atoms with E-state index in [9.17, 15) is 9.59 Å². The van der Waals surface area contributed by atoms with Crippen molar-refractivity contribution in [3.8, 4) is 5.75 Å². The fraction of sp³-hybridized carbons (Fsp3) is 0.333. The van der Waals surface area contributed by atoms with Crippen LogP contribution in [0.15, 0.2) is 42.9 Å². The number of aryl methyl sites for hydroxylation is 2. The van der Waals surface area contributed by atoms with Crippen molar-refractivity contribution in [3.63, 3.8) is 0 Å². The molecule has 1 saturated heterocycles. The van der Waals surface area contributed by atoms with Crippen molar-refractivity contribution in [1.29, 1.82) is 0 Å². The Balaban J connectivity index is 1.37. The molecule has 4 rings (SSSR count). The zero-order valence-corrected chi connectivity index (χ0v) is 18.9. The van der Waals surface area contributed by atoms with Crippen LogP contribution in [-0.2, 0) is 0 Å². The van der Waals surface area contributed by atoms with Gasteiger partial charge in [0.1, 0.15) is 17.3 Å². The summed E-state index contributed by atoms with van der Waals surface area (Å²) in [5.74, 6) is 1.19. The Labute approximate surface area is 192 Å². The number of piperidine rings is 1. The largest absolute Gasteiger partial charge is 0.497 e. The first-order chi connectivity index (χ1) is 15.9. The molecule has 0 radical (unpaired) electrons. The number of benzene rings is 1. The number of anilines is 1. The molecule has 0 bridgehead atoms. The smallest absolute Gasteiger partial charge is 0.274 e. The molecule has 33 heavy (non-hydrogen) atoms. The normalized spacial score (nSPS) is 14.1. The van der Waals surface area contributed by atoms with Crippen LogP contribution in [0.1, 0.15) is 56.8 Å². The van der Waals surface area contributed by atoms with Crippen LogP contribution in [0.5, 0.6) is 5.75 Å². The van der Waals surface area contributed by atoms with E-state index in [-0.39, 0.29) is 17.7 Å². The average molecular weight is 447 g/mol. The summed E-state index contributed by atoms with van der Waals surface area (Å²) >= 11 is 0. The van der Waals surface area contributed by atoms with E-state index in [1.165, 1.54) is 6.20 Å². The lowest BCUT2D eigenvalue weighted by Crippen LogP contribution is -2.38. The van der Waals surface area contributed by atoms with Crippen LogP contribution in [0, 0.1) is 13.8 Å². The quantitative estimate of drug-likeness (QED) is 0.641. The van der Waals surface area contributed by atoms with Gasteiger partial charge >= 0.3 is 0 Å². The third-order valence-electron chi connectivity index (χ3n) is 5.74. The molecule has 3 heterocycles. The SMILES string of the molecule is COc1ccc(NC(=O)c2cnc(C3CCN(C(=O)c4cnc(C)cn4)CC3)nc2C)cc1. The van der Waals surface area contributed by atoms with Crippen molar-refractivity contribution in [1.82, 2.24) is 24.8 Å². The predicted octanol–water partition coefficient (Wildman–Crippen LogP) is 3.16. The summed E-state index contributed by atoms with van der Waals surface area (Å²) < 4.78 is 5.13. The van der Waals surface area contributed by atoms with E-state index >= 15 is 0 Å². The molecule has 1 N–H and O–H groups in total. The van der Waals surface area contributed by atoms with Crippen LogP contribution in [0.4, 0.5) is 5.69 Å². The number of hydrogen-bond acceptors (Lipinski definition) is 7. The van der Waals surface area contributed by atoms with E-state index in [4.69, 9.17) is 4.74 Å². The standard InChI is InChI=1S/C24H26N6O3/c1-15-12-26-21(14-25-15)24(32)30-10-8-17(9-11-30)22-27-13-20(16(2)28-22)23(31)29-18-4-6-19(33-3)7-5-18/h4-7,12-14,17H,8-11H2,1-3H3,(H,29,31). The van der Waals surface area contributed by atoms with Gasteiger partial charge in [-0.2, -0.15) is 0 Å². The van der Waals surface area contributed by atoms with Crippen LogP contribution >= 0.6 is 0 Å². The molecule has 0 spiro atoms. The number of amides is 2. The Morgan fingerprint density at radius 1 is 1.00 bits per heavy atom. The number of likely N-dealkylation sites (tertiary alicyclic amines) is 1. The van der Waals surface area contributed by atoms with Crippen molar-refractivity contribution >= 4 is 17.5 Å². The van der Waals surface area contributed by atoms with Gasteiger partial charge in [0.15, 0.2) is 0 Å². The summed E-state index contributed by atoms with van der Waals surface area (Å²) in [4.78, 5) is 44.5. The van der Waals surface area contributed by atoms with Crippen LogP contribution in [-0.4, -0.2) is 56.8 Å². The predicted molar refractivity (Wildman–Crippen MR) is 122 cm³/mol. The molecular weight excluding hydrogens is 420 g/mol. The van der Waals surface area contributed by atoms with Crippen molar-refractivity contribution in [3.05, 3.63) is 71.3 Å². The molecule has 1 aromatic carbocycles. The number of nitrogens with one attached hydrogen (secondary N) is 1. The van der Waals surface area contributed by atoms with E-state index in [1.54, 1.807) is 48.7 Å². The third kappa shape index (κ3) is 5.14. The number of carbonyl (C=O) groups excluding carboxylic acids is 2. The van der Waals surface area contributed by atoms with E-state index in [1.807, 2.05) is 13.8 Å². The van der Waals surface area contributed by atoms with Gasteiger partial charge in [-0.25, -0.2) is 15.0 Å². The minimum atomic E-state index is -0.260. The van der Waals surface area contributed by atoms with E-state index in [2.05, 4.69) is 25.3 Å². The zero-order valence-electron chi connectivity index (χ0n) is 18.9. The maximum absolute atomic E-state index is 12.7. The van der Waals surface area contributed by atoms with Crippen LogP contribution in [0.2, 0.25) is 0 Å². The van der Waals surface area contributed by atoms with Crippen molar-refractivity contribution < 1.29 is 14.3 Å². The summed E-state index contributed by atoms with van der Waals surface area (Å²) in [5, 5.41) is 2.86. The Morgan fingerprint density at radius 2 is 1.73 bits per heavy atom. The summed E-state index contributed by atoms with van der Waals surface area (Å²) in [6, 6.07) is 7.12. The Bertz CT molecular complexity index is 1140. The van der Waals surface area contributed by atoms with Crippen LogP contribution < -0.4 is 10.1 Å². The molecule has 1 fully saturated rings. The van der Waals surface area contributed by atoms with Gasteiger partial charge in [-0.3, -0.25) is 14.6 Å². The monoisotopic (exact) mass is 446 g/mol. The number of ether oxygens (including phenoxy) is 1. The molecule has 1 aliphatic heterocycles. The second kappa shape index (κ2) is 9.72. The molecule has 170 valence electrons. The lowest BCUT2D eigenvalue weighted by atomic mass is 9.95. The first-order valence-corrected chi connectivity index (χ1v) is 10.8. The molecule has 2 aromatic heterocycles. The topological polar surface area (TPSA) is 110 Å². The minimum absolute atomic E-state index is 0.108. The highest BCUT2D eigenvalue weighted by atomic mass is 16.5. The van der Waals surface area contributed by atoms with Crippen molar-refractivity contribution in [2.24, 2.45) is 0 Å². The lowest BCUT2D eigenvalue weighted by molar-refractivity contribution is 0.0704. The highest BCUT2D eigenvalue weighted by Crippen LogP contribution is 2.27. The van der Waals surface area contributed by atoms with Crippen molar-refractivity contribution in [2.45, 2.75) is 32.6 Å². The second-order valence-corrected chi connectivity index (χ2v) is 8.02. The summed E-state index contributed by atoms with van der Waals surface area (Å²) in [5.41, 5.74) is 2.86. The Morgan fingerprint density at radius 3 is 2.33 bits per heavy atom. The second-order valence-electron chi connectivity index (χ2n) is 8.02. The summed E-state index contributed by atoms with van der Waals surface area (Å²) in [6.07, 6.45) is 6.20. The van der Waals surface area contributed by atoms with Crippen LogP contribution in [0.25, 0.3) is 0 Å². The van der Waals surface area contributed by atoms with Gasteiger partial charge in [-0.15, -0.1) is 0 Å². The Kier molecular flexibility index (Phi) is 6.58. The maximum atomic E-state index is 12.7. The van der Waals surface area contributed by atoms with Gasteiger partial charge in [0.25, 0.3) is 11.8 Å². The van der Waals surface area contributed by atoms with Gasteiger partial charge in [0.05, 0.1) is 30.3 Å². The summed E-state index contributed by atoms with van der Waals surface area (Å²) in [6.45, 7) is 4.84. The number of rotatable bonds is 5. The fourth-order valence-electron chi connectivity index (χ4n) is 3.78. The molecule has 1 aliphatic rings. The van der Waals surface area contributed by atoms with Crippen molar-refractivity contribution in [2.75, 3.05) is 25.5 Å². The highest BCUT2D eigenvalue weighted by Gasteiger charge is 2.27. The van der Waals surface area contributed by atoms with Crippen LogP contribution in [0.3, 0.4) is 0 Å². The maximum Gasteiger partial charge on any atom is 0.274 e. The number of hydrogen-bond donors (Lipinski definition) is 1. The highest BCUT2D eigenvalue weighted by molar-refractivity contribution is 6.04. The number of aromatic nitrogens is 4. The molecular formula is C24H26N6O3.